The van der Waals surface area contributed by atoms with Gasteiger partial charge in [0.15, 0.2) is 18.9 Å². The molecule has 0 N–H and O–H groups in total. The number of allylic oxidation sites excluding steroid dienone is 6. The first-order chi connectivity index (χ1) is 22.9. The molecule has 0 atom stereocenters. The number of benzene rings is 4. The van der Waals surface area contributed by atoms with Crippen LogP contribution in [0.15, 0.2) is 107 Å². The van der Waals surface area contributed by atoms with Crippen LogP contribution in [-0.4, -0.2) is 48.5 Å². The molecule has 4 aromatic carbocycles. The molecule has 0 fully saturated rings. The molecular weight excluding hydrogens is 664 g/mol. The number of hydrogen-bond acceptors (Lipinski definition) is 5. The molecule has 2 aliphatic heterocycles. The Balaban J connectivity index is 1.38. The maximum Gasteiger partial charge on any atom is 0.302 e. The van der Waals surface area contributed by atoms with Gasteiger partial charge >= 0.3 is 11.9 Å². The summed E-state index contributed by atoms with van der Waals surface area (Å²) in [4.78, 5) is 25.5. The Morgan fingerprint density at radius 2 is 1.40 bits per heavy atom. The van der Waals surface area contributed by atoms with E-state index in [0.717, 1.165) is 27.3 Å². The lowest BCUT2D eigenvalue weighted by atomic mass is 9.79. The highest BCUT2D eigenvalue weighted by molar-refractivity contribution is 9.11. The lowest BCUT2D eigenvalue weighted by Gasteiger charge is -2.27. The summed E-state index contributed by atoms with van der Waals surface area (Å²) < 4.78 is 14.0. The summed E-state index contributed by atoms with van der Waals surface area (Å²) in [5.41, 5.74) is 6.47. The number of esters is 2. The molecule has 0 unspecified atom stereocenters. The Labute approximate surface area is 291 Å². The van der Waals surface area contributed by atoms with Crippen LogP contribution in [-0.2, 0) is 29.9 Å². The number of carbonyl (C=O) groups is 2. The quantitative estimate of drug-likeness (QED) is 0.0989. The van der Waals surface area contributed by atoms with Gasteiger partial charge in [-0.2, -0.15) is 4.58 Å². The predicted molar refractivity (Wildman–Crippen MR) is 199 cm³/mol. The summed E-state index contributed by atoms with van der Waals surface area (Å²) in [6.45, 7) is 13.6. The minimum Gasteiger partial charge on any atom is -0.464 e. The largest absolute Gasteiger partial charge is 0.464 e. The number of halogens is 1. The van der Waals surface area contributed by atoms with Crippen molar-refractivity contribution in [3.63, 3.8) is 0 Å². The zero-order valence-electron chi connectivity index (χ0n) is 28.5. The molecule has 246 valence electrons. The van der Waals surface area contributed by atoms with Gasteiger partial charge in [0.1, 0.15) is 6.61 Å². The van der Waals surface area contributed by atoms with Crippen molar-refractivity contribution in [1.82, 2.24) is 0 Å². The summed E-state index contributed by atoms with van der Waals surface area (Å²) in [5.74, 6) is -0.565. The molecule has 0 amide bonds. The normalized spacial score (nSPS) is 17.4. The van der Waals surface area contributed by atoms with Crippen LogP contribution in [0.4, 0.5) is 11.4 Å². The van der Waals surface area contributed by atoms with Crippen molar-refractivity contribution in [2.24, 2.45) is 0 Å². The molecule has 2 heterocycles. The molecule has 0 saturated carbocycles. The second-order valence-corrected chi connectivity index (χ2v) is 14.3. The first-order valence-electron chi connectivity index (χ1n) is 16.4. The molecule has 6 nitrogen and oxygen atoms in total. The standard InChI is InChI=1S/C41H42BrN2O4/c1-27(45)47-25-23-43-34-19-15-29-11-7-9-13-32(29)38(34)40(3,4)36(43)21-17-31(42)18-22-37-41(5,6)39-33-14-10-8-12-30(33)16-20-35(39)44(37)24-26-48-28(2)46/h7-22H,23-26H2,1-6H3/q+1. The molecule has 0 aromatic heterocycles. The van der Waals surface area contributed by atoms with Crippen LogP contribution in [0.3, 0.4) is 0 Å². The summed E-state index contributed by atoms with van der Waals surface area (Å²) in [6.07, 6.45) is 8.52. The number of hydrogen-bond donors (Lipinski definition) is 0. The third-order valence-electron chi connectivity index (χ3n) is 9.55. The van der Waals surface area contributed by atoms with Crippen LogP contribution in [0.5, 0.6) is 0 Å². The number of fused-ring (bicyclic) bond motifs is 6. The van der Waals surface area contributed by atoms with Crippen LogP contribution >= 0.6 is 15.9 Å². The van der Waals surface area contributed by atoms with Gasteiger partial charge in [0, 0.05) is 52.8 Å². The smallest absolute Gasteiger partial charge is 0.302 e. The molecule has 48 heavy (non-hydrogen) atoms. The number of anilines is 1. The fraction of sp³-hybridized carbons (Fsp3) is 0.293. The van der Waals surface area contributed by atoms with Crippen molar-refractivity contribution < 1.29 is 23.6 Å². The lowest BCUT2D eigenvalue weighted by molar-refractivity contribution is -0.440. The molecule has 6 rings (SSSR count). The average Bonchev–Trinajstić information content (AvgIpc) is 3.40. The Bertz CT molecular complexity index is 2070. The lowest BCUT2D eigenvalue weighted by Crippen LogP contribution is -2.29. The molecule has 0 saturated heterocycles. The highest BCUT2D eigenvalue weighted by atomic mass is 79.9. The third-order valence-corrected chi connectivity index (χ3v) is 10.1. The van der Waals surface area contributed by atoms with Gasteiger partial charge in [-0.3, -0.25) is 9.59 Å². The molecule has 4 aromatic rings. The van der Waals surface area contributed by atoms with Gasteiger partial charge in [0.25, 0.3) is 0 Å². The van der Waals surface area contributed by atoms with Crippen molar-refractivity contribution in [1.29, 1.82) is 0 Å². The molecule has 0 bridgehead atoms. The molecule has 7 heteroatoms. The van der Waals surface area contributed by atoms with Gasteiger partial charge in [-0.05, 0) is 71.3 Å². The Morgan fingerprint density at radius 1 is 0.792 bits per heavy atom. The fourth-order valence-corrected chi connectivity index (χ4v) is 7.75. The first-order valence-corrected chi connectivity index (χ1v) is 17.2. The van der Waals surface area contributed by atoms with Crippen LogP contribution in [0.25, 0.3) is 21.5 Å². The average molecular weight is 707 g/mol. The van der Waals surface area contributed by atoms with E-state index in [1.807, 2.05) is 0 Å². The number of ether oxygens (including phenoxy) is 2. The second kappa shape index (κ2) is 13.2. The van der Waals surface area contributed by atoms with Crippen LogP contribution in [0, 0.1) is 0 Å². The van der Waals surface area contributed by atoms with Gasteiger partial charge in [0.2, 0.25) is 5.69 Å². The zero-order chi connectivity index (χ0) is 34.2. The van der Waals surface area contributed by atoms with Crippen molar-refractivity contribution in [3.8, 4) is 0 Å². The van der Waals surface area contributed by atoms with E-state index >= 15 is 0 Å². The van der Waals surface area contributed by atoms with Gasteiger partial charge in [-0.15, -0.1) is 0 Å². The molecule has 2 aliphatic rings. The van der Waals surface area contributed by atoms with Crippen LogP contribution in [0.1, 0.15) is 52.7 Å². The van der Waals surface area contributed by atoms with Crippen LogP contribution < -0.4 is 4.90 Å². The van der Waals surface area contributed by atoms with E-state index in [9.17, 15) is 9.59 Å². The van der Waals surface area contributed by atoms with E-state index in [4.69, 9.17) is 9.47 Å². The van der Waals surface area contributed by atoms with Crippen molar-refractivity contribution >= 4 is 66.5 Å². The van der Waals surface area contributed by atoms with E-state index in [1.54, 1.807) is 0 Å². The summed E-state index contributed by atoms with van der Waals surface area (Å²) in [5, 5.41) is 4.86. The minimum absolute atomic E-state index is 0.283. The van der Waals surface area contributed by atoms with Gasteiger partial charge in [0.05, 0.1) is 12.0 Å². The summed E-state index contributed by atoms with van der Waals surface area (Å²) in [7, 11) is 0. The Morgan fingerprint density at radius 3 is 2.06 bits per heavy atom. The van der Waals surface area contributed by atoms with Gasteiger partial charge < -0.3 is 14.4 Å². The van der Waals surface area contributed by atoms with Crippen molar-refractivity contribution in [3.05, 3.63) is 118 Å². The van der Waals surface area contributed by atoms with Crippen molar-refractivity contribution in [2.75, 3.05) is 31.2 Å². The fourth-order valence-electron chi connectivity index (χ4n) is 7.49. The monoisotopic (exact) mass is 705 g/mol. The summed E-state index contributed by atoms with van der Waals surface area (Å²) >= 11 is 3.84. The topological polar surface area (TPSA) is 58.9 Å². The van der Waals surface area contributed by atoms with E-state index in [0.29, 0.717) is 26.3 Å². The molecule has 0 radical (unpaired) electrons. The third kappa shape index (κ3) is 6.12. The van der Waals surface area contributed by atoms with E-state index < -0.39 is 0 Å². The Kier molecular flexibility index (Phi) is 9.18. The minimum atomic E-state index is -0.293. The zero-order valence-corrected chi connectivity index (χ0v) is 30.1. The number of carbonyl (C=O) groups excluding carboxylic acids is 2. The maximum atomic E-state index is 11.6. The molecular formula is C41H42BrN2O4+. The van der Waals surface area contributed by atoms with Crippen molar-refractivity contribution in [2.45, 2.75) is 52.4 Å². The summed E-state index contributed by atoms with van der Waals surface area (Å²) in [6, 6.07) is 25.7. The second-order valence-electron chi connectivity index (χ2n) is 13.4. The maximum absolute atomic E-state index is 11.6. The molecule has 0 spiro atoms. The van der Waals surface area contributed by atoms with Gasteiger partial charge in [-0.1, -0.05) is 84.4 Å². The van der Waals surface area contributed by atoms with Gasteiger partial charge in [-0.25, -0.2) is 0 Å². The highest BCUT2D eigenvalue weighted by Gasteiger charge is 2.45. The number of nitrogens with zero attached hydrogens (tertiary/aromatic N) is 2. The first kappa shape index (κ1) is 33.4. The predicted octanol–water partition coefficient (Wildman–Crippen LogP) is 9.01. The van der Waals surface area contributed by atoms with E-state index in [-0.39, 0.29) is 22.8 Å². The number of rotatable bonds is 9. The Hall–Kier alpha value is -4.49. The van der Waals surface area contributed by atoms with E-state index in [2.05, 4.69) is 150 Å². The highest BCUT2D eigenvalue weighted by Crippen LogP contribution is 2.51. The van der Waals surface area contributed by atoms with Crippen LogP contribution in [0.2, 0.25) is 0 Å². The SMILES string of the molecule is CC(=O)OCCN1/C(=C/C=C(Br)/C=C/C2=[N+](CCOC(C)=O)c3ccc4ccccc4c3C2(C)C)C(C)(C)c2c1ccc1ccccc21. The molecule has 0 aliphatic carbocycles. The van der Waals surface area contributed by atoms with E-state index in [1.165, 1.54) is 46.5 Å².